The highest BCUT2D eigenvalue weighted by Gasteiger charge is 2.64. The molecule has 0 aromatic heterocycles. The minimum atomic E-state index is -0.332. The van der Waals surface area contributed by atoms with Crippen molar-refractivity contribution in [1.82, 2.24) is 0 Å². The third-order valence-electron chi connectivity index (χ3n) is 19.5. The zero-order valence-corrected chi connectivity index (χ0v) is 43.9. The van der Waals surface area contributed by atoms with Gasteiger partial charge in [0, 0.05) is 50.5 Å². The van der Waals surface area contributed by atoms with Gasteiger partial charge in [0.25, 0.3) is 6.71 Å². The molecule has 1 fully saturated rings. The average molecular weight is 916 g/mol. The summed E-state index contributed by atoms with van der Waals surface area (Å²) in [7, 11) is 0. The van der Waals surface area contributed by atoms with Gasteiger partial charge in [-0.3, -0.25) is 0 Å². The molecule has 2 aliphatic carbocycles. The molecule has 0 saturated heterocycles. The molecular weight excluding hydrogens is 846 g/mol. The number of hydrogen-bond acceptors (Lipinski definition) is 3. The Kier molecular flexibility index (Phi) is 9.01. The second-order valence-electron chi connectivity index (χ2n) is 25.3. The molecule has 13 rings (SSSR count). The first-order chi connectivity index (χ1) is 33.3. The van der Waals surface area contributed by atoms with Gasteiger partial charge in [0.15, 0.2) is 0 Å². The minimum absolute atomic E-state index is 0.00543. The second kappa shape index (κ2) is 14.3. The van der Waals surface area contributed by atoms with Crippen LogP contribution in [0.2, 0.25) is 0 Å². The van der Waals surface area contributed by atoms with Crippen LogP contribution in [0.1, 0.15) is 146 Å². The summed E-state index contributed by atoms with van der Waals surface area (Å²) in [6, 6.07) is 53.3. The van der Waals surface area contributed by atoms with E-state index in [4.69, 9.17) is 0 Å². The van der Waals surface area contributed by atoms with Crippen LogP contribution in [-0.2, 0) is 33.6 Å². The van der Waals surface area contributed by atoms with Gasteiger partial charge in [0.1, 0.15) is 0 Å². The number of benzene rings is 7. The summed E-state index contributed by atoms with van der Waals surface area (Å²) in [5.74, 6) is 0. The van der Waals surface area contributed by atoms with E-state index in [-0.39, 0.29) is 39.5 Å². The number of hydrogen-bond donors (Lipinski definition) is 0. The van der Waals surface area contributed by atoms with Gasteiger partial charge in [-0.05, 0) is 167 Å². The lowest BCUT2D eigenvalue weighted by molar-refractivity contribution is 0.194. The van der Waals surface area contributed by atoms with E-state index in [1.807, 2.05) is 0 Å². The van der Waals surface area contributed by atoms with E-state index in [2.05, 4.69) is 231 Å². The van der Waals surface area contributed by atoms with Crippen LogP contribution in [0.4, 0.5) is 39.8 Å². The molecule has 4 heterocycles. The lowest BCUT2D eigenvalue weighted by atomic mass is 9.33. The fourth-order valence-electron chi connectivity index (χ4n) is 15.5. The van der Waals surface area contributed by atoms with E-state index in [0.717, 1.165) is 19.3 Å². The molecule has 7 aromatic carbocycles. The SMILES string of the molecule is Cc1cc(C)c2c(c1)N(c1cc3c4c(c1)N1c5c(cccc5C5(C)CCc6ccccc6C15C)B4c1ccc(C(C)(C)C)cc1N3c1ccc(C(C)(C)C)cc1-c1ccccc1)C1(C)CCCCC21C. The number of anilines is 7. The Morgan fingerprint density at radius 2 is 1.21 bits per heavy atom. The van der Waals surface area contributed by atoms with E-state index in [1.54, 1.807) is 5.56 Å². The first kappa shape index (κ1) is 44.0. The molecule has 0 radical (unpaired) electrons. The number of nitrogens with zero attached hydrogens (tertiary/aromatic N) is 3. The fraction of sp³-hybridized carbons (Fsp3) is 0.364. The van der Waals surface area contributed by atoms with Gasteiger partial charge >= 0.3 is 0 Å². The first-order valence-corrected chi connectivity index (χ1v) is 26.6. The Hall–Kier alpha value is -6.00. The number of rotatable bonds is 3. The van der Waals surface area contributed by atoms with Crippen molar-refractivity contribution >= 4 is 62.9 Å². The predicted octanol–water partition coefficient (Wildman–Crippen LogP) is 15.2. The highest BCUT2D eigenvalue weighted by molar-refractivity contribution is 7.00. The molecule has 4 unspecified atom stereocenters. The maximum absolute atomic E-state index is 2.91. The molecule has 7 aromatic rings. The van der Waals surface area contributed by atoms with E-state index in [1.165, 1.54) is 126 Å². The van der Waals surface area contributed by atoms with Gasteiger partial charge < -0.3 is 14.7 Å². The van der Waals surface area contributed by atoms with Gasteiger partial charge in [-0.15, -0.1) is 0 Å². The fourth-order valence-corrected chi connectivity index (χ4v) is 15.5. The maximum Gasteiger partial charge on any atom is 0.252 e. The van der Waals surface area contributed by atoms with Crippen LogP contribution in [0.3, 0.4) is 0 Å². The molecule has 4 heteroatoms. The summed E-state index contributed by atoms with van der Waals surface area (Å²) in [5, 5.41) is 0. The van der Waals surface area contributed by atoms with Crippen molar-refractivity contribution in [3.05, 3.63) is 178 Å². The zero-order valence-electron chi connectivity index (χ0n) is 43.9. The third-order valence-corrected chi connectivity index (χ3v) is 19.5. The minimum Gasteiger partial charge on any atom is -0.334 e. The van der Waals surface area contributed by atoms with Crippen LogP contribution in [0.25, 0.3) is 11.1 Å². The monoisotopic (exact) mass is 916 g/mol. The van der Waals surface area contributed by atoms with Crippen molar-refractivity contribution < 1.29 is 0 Å². The Morgan fingerprint density at radius 1 is 0.529 bits per heavy atom. The quantitative estimate of drug-likeness (QED) is 0.164. The predicted molar refractivity (Wildman–Crippen MR) is 299 cm³/mol. The van der Waals surface area contributed by atoms with Gasteiger partial charge in [-0.25, -0.2) is 0 Å². The van der Waals surface area contributed by atoms with E-state index in [0.29, 0.717) is 0 Å². The van der Waals surface area contributed by atoms with Crippen LogP contribution in [0.5, 0.6) is 0 Å². The largest absolute Gasteiger partial charge is 0.334 e. The highest BCUT2D eigenvalue weighted by atomic mass is 15.3. The van der Waals surface area contributed by atoms with Crippen molar-refractivity contribution in [3.8, 4) is 11.1 Å². The zero-order chi connectivity index (χ0) is 48.7. The first-order valence-electron chi connectivity index (χ1n) is 26.6. The van der Waals surface area contributed by atoms with Gasteiger partial charge in [0.2, 0.25) is 0 Å². The molecule has 3 nitrogen and oxygen atoms in total. The van der Waals surface area contributed by atoms with Crippen molar-refractivity contribution in [2.24, 2.45) is 0 Å². The topological polar surface area (TPSA) is 9.72 Å². The lowest BCUT2D eigenvalue weighted by Crippen LogP contribution is -2.64. The van der Waals surface area contributed by atoms with Gasteiger partial charge in [0.05, 0.1) is 16.8 Å². The van der Waals surface area contributed by atoms with Crippen LogP contribution < -0.4 is 31.1 Å². The summed E-state index contributed by atoms with van der Waals surface area (Å²) in [6.07, 6.45) is 7.04. The third kappa shape index (κ3) is 5.54. The van der Waals surface area contributed by atoms with Crippen LogP contribution >= 0.6 is 0 Å². The van der Waals surface area contributed by atoms with Gasteiger partial charge in [-0.1, -0.05) is 165 Å². The molecular formula is C66H70BN3. The van der Waals surface area contributed by atoms with E-state index < -0.39 is 0 Å². The smallest absolute Gasteiger partial charge is 0.252 e. The standard InChI is InChI=1S/C66H70BN3/c1-41-35-42(2)58-55(36-41)69(65(11)33-19-18-32-64(58,65)10)47-39-56-59-57(40-47)70-60-50(63(9)34-31-44-23-16-17-24-49(44)66(63,70)12)25-20-26-52(60)67(59)51-29-27-46(62(6,7)8)38-54(51)68(56)53-30-28-45(61(3,4)5)37-48(53)43-21-14-13-15-22-43/h13-17,20-30,35-40H,18-19,31-34H2,1-12H3. The van der Waals surface area contributed by atoms with Crippen LogP contribution in [0, 0.1) is 13.8 Å². The number of aryl methyl sites for hydroxylation is 3. The molecule has 0 N–H and O–H groups in total. The molecule has 0 bridgehead atoms. The van der Waals surface area contributed by atoms with Crippen molar-refractivity contribution in [1.29, 1.82) is 0 Å². The highest BCUT2D eigenvalue weighted by Crippen LogP contribution is 2.67. The molecule has 70 heavy (non-hydrogen) atoms. The van der Waals surface area contributed by atoms with E-state index in [9.17, 15) is 0 Å². The Morgan fingerprint density at radius 3 is 1.99 bits per heavy atom. The summed E-state index contributed by atoms with van der Waals surface area (Å²) in [4.78, 5) is 8.52. The van der Waals surface area contributed by atoms with Crippen LogP contribution in [0.15, 0.2) is 133 Å². The second-order valence-corrected chi connectivity index (χ2v) is 25.3. The van der Waals surface area contributed by atoms with Crippen molar-refractivity contribution in [2.75, 3.05) is 14.7 Å². The molecule has 1 saturated carbocycles. The summed E-state index contributed by atoms with van der Waals surface area (Å²) in [6.45, 7) is 29.4. The summed E-state index contributed by atoms with van der Waals surface area (Å²) in [5.41, 5.74) is 26.9. The van der Waals surface area contributed by atoms with Gasteiger partial charge in [-0.2, -0.15) is 0 Å². The lowest BCUT2D eigenvalue weighted by Gasteiger charge is -2.54. The number of fused-ring (bicyclic) bond motifs is 12. The van der Waals surface area contributed by atoms with E-state index >= 15 is 0 Å². The Balaban J connectivity index is 1.20. The molecule has 4 atom stereocenters. The molecule has 0 spiro atoms. The maximum atomic E-state index is 2.91. The summed E-state index contributed by atoms with van der Waals surface area (Å²) >= 11 is 0. The molecule has 6 aliphatic rings. The molecule has 4 aliphatic heterocycles. The molecule has 0 amide bonds. The summed E-state index contributed by atoms with van der Waals surface area (Å²) < 4.78 is 0. The normalized spacial score (nSPS) is 24.6. The van der Waals surface area contributed by atoms with Crippen molar-refractivity contribution in [2.45, 2.75) is 154 Å². The number of para-hydroxylation sites is 1. The Bertz CT molecular complexity index is 3370. The Labute approximate surface area is 419 Å². The van der Waals surface area contributed by atoms with Crippen LogP contribution in [-0.4, -0.2) is 12.3 Å². The average Bonchev–Trinajstić information content (AvgIpc) is 3.68. The van der Waals surface area contributed by atoms with Crippen molar-refractivity contribution in [3.63, 3.8) is 0 Å². The molecule has 352 valence electrons.